The van der Waals surface area contributed by atoms with E-state index in [0.29, 0.717) is 0 Å². The second kappa shape index (κ2) is 7.86. The number of imidazole rings is 1. The zero-order valence-electron chi connectivity index (χ0n) is 16.3. The van der Waals surface area contributed by atoms with Gasteiger partial charge in [-0.2, -0.15) is 0 Å². The number of aromatic nitrogens is 2. The van der Waals surface area contributed by atoms with Crippen molar-refractivity contribution in [2.24, 2.45) is 0 Å². The topological polar surface area (TPSA) is 50.4 Å². The Balaban J connectivity index is 1.82. The molecule has 0 saturated carbocycles. The molecular formula is C22H24ClN3O2. The number of methoxy groups -OCH3 is 2. The number of H-pyrrole nitrogens is 1. The highest BCUT2D eigenvalue weighted by atomic mass is 35.5. The fourth-order valence-corrected chi connectivity index (χ4v) is 4.17. The van der Waals surface area contributed by atoms with E-state index in [9.17, 15) is 0 Å². The third-order valence-corrected chi connectivity index (χ3v) is 5.66. The van der Waals surface area contributed by atoms with Gasteiger partial charge in [0.05, 0.1) is 32.3 Å². The first-order valence-corrected chi connectivity index (χ1v) is 9.71. The maximum Gasteiger partial charge on any atom is 0.161 e. The molecule has 3 aromatic rings. The largest absolute Gasteiger partial charge is 0.493 e. The lowest BCUT2D eigenvalue weighted by Crippen LogP contribution is -2.36. The number of aromatic amines is 1. The SMILES string of the molecule is COc1cc2c(cc1OC)C(c1cccc(Cl)c1)N(Cc1nc[nH]c1C)CC2. The average Bonchev–Trinajstić information content (AvgIpc) is 3.11. The highest BCUT2D eigenvalue weighted by Gasteiger charge is 2.31. The fraction of sp³-hybridized carbons (Fsp3) is 0.318. The van der Waals surface area contributed by atoms with E-state index in [-0.39, 0.29) is 6.04 Å². The Kier molecular flexibility index (Phi) is 5.29. The minimum Gasteiger partial charge on any atom is -0.493 e. The smallest absolute Gasteiger partial charge is 0.161 e. The summed E-state index contributed by atoms with van der Waals surface area (Å²) >= 11 is 6.33. The molecule has 6 heteroatoms. The molecule has 0 fully saturated rings. The summed E-state index contributed by atoms with van der Waals surface area (Å²) < 4.78 is 11.1. The summed E-state index contributed by atoms with van der Waals surface area (Å²) in [6, 6.07) is 12.4. The molecule has 1 atom stereocenters. The van der Waals surface area contributed by atoms with Crippen molar-refractivity contribution in [3.05, 3.63) is 75.8 Å². The second-order valence-electron chi connectivity index (χ2n) is 7.06. The number of nitrogens with zero attached hydrogens (tertiary/aromatic N) is 2. The average molecular weight is 398 g/mol. The van der Waals surface area contributed by atoms with E-state index in [1.54, 1.807) is 20.5 Å². The fourth-order valence-electron chi connectivity index (χ4n) is 3.97. The van der Waals surface area contributed by atoms with Crippen LogP contribution in [-0.2, 0) is 13.0 Å². The van der Waals surface area contributed by atoms with Gasteiger partial charge in [-0.1, -0.05) is 23.7 Å². The predicted octanol–water partition coefficient (Wildman–Crippen LogP) is 4.54. The summed E-state index contributed by atoms with van der Waals surface area (Å²) in [6.07, 6.45) is 2.70. The van der Waals surface area contributed by atoms with Crippen LogP contribution in [0.4, 0.5) is 0 Å². The molecule has 5 nitrogen and oxygen atoms in total. The number of nitrogens with one attached hydrogen (secondary N) is 1. The lowest BCUT2D eigenvalue weighted by atomic mass is 9.87. The summed E-state index contributed by atoms with van der Waals surface area (Å²) in [6.45, 7) is 3.74. The molecule has 28 heavy (non-hydrogen) atoms. The van der Waals surface area contributed by atoms with E-state index in [2.05, 4.69) is 40.0 Å². The number of hydrogen-bond acceptors (Lipinski definition) is 4. The highest BCUT2D eigenvalue weighted by Crippen LogP contribution is 2.41. The Bertz CT molecular complexity index is 986. The Morgan fingerprint density at radius 1 is 1.18 bits per heavy atom. The van der Waals surface area contributed by atoms with Gasteiger partial charge in [0.15, 0.2) is 11.5 Å². The quantitative estimate of drug-likeness (QED) is 0.686. The molecule has 0 saturated heterocycles. The van der Waals surface area contributed by atoms with E-state index in [1.165, 1.54) is 11.1 Å². The number of hydrogen-bond donors (Lipinski definition) is 1. The van der Waals surface area contributed by atoms with Crippen molar-refractivity contribution in [2.75, 3.05) is 20.8 Å². The number of halogens is 1. The molecule has 0 aliphatic carbocycles. The van der Waals surface area contributed by atoms with E-state index in [4.69, 9.17) is 21.1 Å². The number of rotatable bonds is 5. The molecule has 1 aromatic heterocycles. The van der Waals surface area contributed by atoms with Crippen LogP contribution in [0.1, 0.15) is 34.1 Å². The maximum absolute atomic E-state index is 6.33. The summed E-state index contributed by atoms with van der Waals surface area (Å²) in [7, 11) is 3.35. The van der Waals surface area contributed by atoms with Crippen molar-refractivity contribution in [3.63, 3.8) is 0 Å². The van der Waals surface area contributed by atoms with Crippen molar-refractivity contribution in [3.8, 4) is 11.5 Å². The third kappa shape index (κ3) is 3.48. The van der Waals surface area contributed by atoms with Crippen LogP contribution in [0.3, 0.4) is 0 Å². The molecule has 146 valence electrons. The Morgan fingerprint density at radius 3 is 2.64 bits per heavy atom. The Hall–Kier alpha value is -2.50. The highest BCUT2D eigenvalue weighted by molar-refractivity contribution is 6.30. The zero-order valence-corrected chi connectivity index (χ0v) is 17.1. The predicted molar refractivity (Wildman–Crippen MR) is 110 cm³/mol. The number of fused-ring (bicyclic) bond motifs is 1. The number of aryl methyl sites for hydroxylation is 1. The molecule has 0 spiro atoms. The van der Waals surface area contributed by atoms with Crippen molar-refractivity contribution in [2.45, 2.75) is 25.9 Å². The Labute approximate surface area is 170 Å². The molecule has 1 aliphatic rings. The third-order valence-electron chi connectivity index (χ3n) is 5.43. The van der Waals surface area contributed by atoms with Gasteiger partial charge >= 0.3 is 0 Å². The van der Waals surface area contributed by atoms with Crippen molar-refractivity contribution < 1.29 is 9.47 Å². The summed E-state index contributed by atoms with van der Waals surface area (Å²) in [4.78, 5) is 10.1. The maximum atomic E-state index is 6.33. The minimum atomic E-state index is 0.0679. The summed E-state index contributed by atoms with van der Waals surface area (Å²) in [5.41, 5.74) is 5.82. The first kappa shape index (κ1) is 18.8. The van der Waals surface area contributed by atoms with E-state index >= 15 is 0 Å². The van der Waals surface area contributed by atoms with E-state index in [0.717, 1.165) is 53.0 Å². The van der Waals surface area contributed by atoms with Crippen LogP contribution in [0, 0.1) is 6.92 Å². The van der Waals surface area contributed by atoms with Crippen molar-refractivity contribution in [1.82, 2.24) is 14.9 Å². The lowest BCUT2D eigenvalue weighted by molar-refractivity contribution is 0.201. The lowest BCUT2D eigenvalue weighted by Gasteiger charge is -2.38. The second-order valence-corrected chi connectivity index (χ2v) is 7.49. The zero-order chi connectivity index (χ0) is 19.7. The molecule has 1 aliphatic heterocycles. The molecule has 1 unspecified atom stereocenters. The van der Waals surface area contributed by atoms with E-state index < -0.39 is 0 Å². The van der Waals surface area contributed by atoms with Gasteiger partial charge in [-0.15, -0.1) is 0 Å². The van der Waals surface area contributed by atoms with Crippen LogP contribution >= 0.6 is 11.6 Å². The van der Waals surface area contributed by atoms with Gasteiger partial charge in [0.1, 0.15) is 0 Å². The van der Waals surface area contributed by atoms with Crippen LogP contribution < -0.4 is 9.47 Å². The first-order valence-electron chi connectivity index (χ1n) is 9.34. The van der Waals surface area contributed by atoms with Crippen LogP contribution in [0.5, 0.6) is 11.5 Å². The van der Waals surface area contributed by atoms with Gasteiger partial charge in [0, 0.05) is 23.8 Å². The Morgan fingerprint density at radius 2 is 1.96 bits per heavy atom. The van der Waals surface area contributed by atoms with Gasteiger partial charge < -0.3 is 14.5 Å². The summed E-state index contributed by atoms with van der Waals surface area (Å²) in [5.74, 6) is 1.51. The molecule has 2 heterocycles. The van der Waals surface area contributed by atoms with Crippen molar-refractivity contribution in [1.29, 1.82) is 0 Å². The van der Waals surface area contributed by atoms with Gasteiger partial charge in [-0.25, -0.2) is 4.98 Å². The molecule has 0 amide bonds. The number of benzene rings is 2. The number of ether oxygens (including phenoxy) is 2. The van der Waals surface area contributed by atoms with Crippen LogP contribution in [0.2, 0.25) is 5.02 Å². The molecule has 2 aromatic carbocycles. The van der Waals surface area contributed by atoms with Gasteiger partial charge in [-0.05, 0) is 54.3 Å². The van der Waals surface area contributed by atoms with Crippen LogP contribution in [0.15, 0.2) is 42.7 Å². The minimum absolute atomic E-state index is 0.0679. The van der Waals surface area contributed by atoms with Crippen LogP contribution in [-0.4, -0.2) is 35.6 Å². The standard InChI is InChI=1S/C22H24ClN3O2/c1-14-19(25-13-24-14)12-26-8-7-15-10-20(27-2)21(28-3)11-18(15)22(26)16-5-4-6-17(23)9-16/h4-6,9-11,13,22H,7-8,12H2,1-3H3,(H,24,25). The monoisotopic (exact) mass is 397 g/mol. The first-order chi connectivity index (χ1) is 13.6. The molecular weight excluding hydrogens is 374 g/mol. The molecule has 0 radical (unpaired) electrons. The van der Waals surface area contributed by atoms with Gasteiger partial charge in [0.25, 0.3) is 0 Å². The summed E-state index contributed by atoms with van der Waals surface area (Å²) in [5, 5.41) is 0.737. The molecule has 1 N–H and O–H groups in total. The van der Waals surface area contributed by atoms with Crippen LogP contribution in [0.25, 0.3) is 0 Å². The normalized spacial score (nSPS) is 16.6. The molecule has 0 bridgehead atoms. The van der Waals surface area contributed by atoms with Gasteiger partial charge in [0.2, 0.25) is 0 Å². The van der Waals surface area contributed by atoms with Gasteiger partial charge in [-0.3, -0.25) is 4.90 Å². The molecule has 4 rings (SSSR count). The van der Waals surface area contributed by atoms with Crippen molar-refractivity contribution >= 4 is 11.6 Å². The van der Waals surface area contributed by atoms with E-state index in [1.807, 2.05) is 18.2 Å².